The van der Waals surface area contributed by atoms with Crippen LogP contribution >= 0.6 is 0 Å². The average Bonchev–Trinajstić information content (AvgIpc) is 2.97. The Morgan fingerprint density at radius 1 is 1.40 bits per heavy atom. The molecule has 4 nitrogen and oxygen atoms in total. The van der Waals surface area contributed by atoms with Crippen molar-refractivity contribution in [1.82, 2.24) is 4.90 Å². The molecular formula is C16H25NO3. The van der Waals surface area contributed by atoms with Crippen LogP contribution in [0.1, 0.15) is 44.3 Å². The molecular weight excluding hydrogens is 254 g/mol. The highest BCUT2D eigenvalue weighted by atomic mass is 16.5. The number of ether oxygens (including phenoxy) is 1. The molecule has 2 rings (SSSR count). The number of hydrogen-bond acceptors (Lipinski definition) is 3. The number of furan rings is 1. The molecule has 112 valence electrons. The zero-order valence-corrected chi connectivity index (χ0v) is 12.3. The van der Waals surface area contributed by atoms with Gasteiger partial charge in [-0.3, -0.25) is 4.79 Å². The Hall–Kier alpha value is -1.29. The number of amides is 1. The molecule has 0 aromatic carbocycles. The molecule has 0 radical (unpaired) electrons. The summed E-state index contributed by atoms with van der Waals surface area (Å²) in [6.07, 6.45) is 8.59. The molecule has 0 bridgehead atoms. The molecule has 1 saturated carbocycles. The number of carbonyl (C=O) groups is 1. The predicted molar refractivity (Wildman–Crippen MR) is 77.2 cm³/mol. The fourth-order valence-corrected chi connectivity index (χ4v) is 2.85. The molecule has 1 aromatic rings. The molecule has 1 fully saturated rings. The summed E-state index contributed by atoms with van der Waals surface area (Å²) < 4.78 is 10.5. The van der Waals surface area contributed by atoms with Gasteiger partial charge in [-0.1, -0.05) is 19.3 Å². The summed E-state index contributed by atoms with van der Waals surface area (Å²) >= 11 is 0. The van der Waals surface area contributed by atoms with Crippen molar-refractivity contribution in [2.45, 2.75) is 45.1 Å². The second-order valence-corrected chi connectivity index (χ2v) is 5.60. The van der Waals surface area contributed by atoms with Gasteiger partial charge in [0.2, 0.25) is 5.91 Å². The first-order valence-electron chi connectivity index (χ1n) is 7.58. The van der Waals surface area contributed by atoms with Crippen molar-refractivity contribution in [3.05, 3.63) is 24.2 Å². The maximum absolute atomic E-state index is 12.5. The van der Waals surface area contributed by atoms with Crippen LogP contribution in [0.15, 0.2) is 22.8 Å². The van der Waals surface area contributed by atoms with Crippen LogP contribution in [-0.2, 0) is 16.1 Å². The fourth-order valence-electron chi connectivity index (χ4n) is 2.85. The summed E-state index contributed by atoms with van der Waals surface area (Å²) in [5.41, 5.74) is 0. The maximum atomic E-state index is 12.5. The molecule has 4 heteroatoms. The summed E-state index contributed by atoms with van der Waals surface area (Å²) in [6.45, 7) is 1.74. The van der Waals surface area contributed by atoms with Gasteiger partial charge < -0.3 is 14.1 Å². The summed E-state index contributed by atoms with van der Waals surface area (Å²) in [5.74, 6) is 1.63. The maximum Gasteiger partial charge on any atom is 0.223 e. The van der Waals surface area contributed by atoms with Crippen molar-refractivity contribution in [2.24, 2.45) is 5.92 Å². The Kier molecular flexibility index (Phi) is 6.12. The SMILES string of the molecule is COCCN(Cc1ccco1)C(=O)CC1CCCCC1. The van der Waals surface area contributed by atoms with Crippen LogP contribution in [0.4, 0.5) is 0 Å². The van der Waals surface area contributed by atoms with Crippen molar-refractivity contribution >= 4 is 5.91 Å². The number of methoxy groups -OCH3 is 1. The van der Waals surface area contributed by atoms with Crippen LogP contribution in [0, 0.1) is 5.92 Å². The average molecular weight is 279 g/mol. The van der Waals surface area contributed by atoms with E-state index in [0.717, 1.165) is 5.76 Å². The third-order valence-electron chi connectivity index (χ3n) is 4.03. The normalized spacial score (nSPS) is 16.2. The number of carbonyl (C=O) groups excluding carboxylic acids is 1. The number of nitrogens with zero attached hydrogens (tertiary/aromatic N) is 1. The lowest BCUT2D eigenvalue weighted by Gasteiger charge is -2.26. The molecule has 1 aliphatic rings. The lowest BCUT2D eigenvalue weighted by Crippen LogP contribution is -2.34. The summed E-state index contributed by atoms with van der Waals surface area (Å²) in [4.78, 5) is 14.3. The zero-order valence-electron chi connectivity index (χ0n) is 12.3. The molecule has 0 spiro atoms. The van der Waals surface area contributed by atoms with Gasteiger partial charge in [-0.05, 0) is 30.9 Å². The fraction of sp³-hybridized carbons (Fsp3) is 0.688. The molecule has 0 atom stereocenters. The molecule has 0 saturated heterocycles. The number of rotatable bonds is 7. The minimum Gasteiger partial charge on any atom is -0.467 e. The Morgan fingerprint density at radius 2 is 2.20 bits per heavy atom. The minimum atomic E-state index is 0.227. The van der Waals surface area contributed by atoms with E-state index in [1.165, 1.54) is 32.1 Å². The first-order chi connectivity index (χ1) is 9.79. The topological polar surface area (TPSA) is 42.7 Å². The van der Waals surface area contributed by atoms with E-state index in [9.17, 15) is 4.79 Å². The summed E-state index contributed by atoms with van der Waals surface area (Å²) in [7, 11) is 1.66. The van der Waals surface area contributed by atoms with E-state index in [0.29, 0.717) is 32.0 Å². The van der Waals surface area contributed by atoms with Gasteiger partial charge in [-0.2, -0.15) is 0 Å². The molecule has 0 unspecified atom stereocenters. The van der Waals surface area contributed by atoms with Gasteiger partial charge in [-0.15, -0.1) is 0 Å². The van der Waals surface area contributed by atoms with Crippen molar-refractivity contribution in [2.75, 3.05) is 20.3 Å². The largest absolute Gasteiger partial charge is 0.467 e. The van der Waals surface area contributed by atoms with Gasteiger partial charge in [0.25, 0.3) is 0 Å². The van der Waals surface area contributed by atoms with Crippen LogP contribution < -0.4 is 0 Å². The minimum absolute atomic E-state index is 0.227. The molecule has 0 aliphatic heterocycles. The highest BCUT2D eigenvalue weighted by molar-refractivity contribution is 5.76. The Labute approximate surface area is 121 Å². The van der Waals surface area contributed by atoms with Crippen molar-refractivity contribution in [3.8, 4) is 0 Å². The molecule has 1 amide bonds. The summed E-state index contributed by atoms with van der Waals surface area (Å²) in [6, 6.07) is 3.77. The van der Waals surface area contributed by atoms with Crippen LogP contribution in [0.2, 0.25) is 0 Å². The molecule has 1 aliphatic carbocycles. The van der Waals surface area contributed by atoms with Gasteiger partial charge >= 0.3 is 0 Å². The Balaban J connectivity index is 1.88. The van der Waals surface area contributed by atoms with Crippen molar-refractivity contribution in [3.63, 3.8) is 0 Å². The van der Waals surface area contributed by atoms with Gasteiger partial charge in [-0.25, -0.2) is 0 Å². The van der Waals surface area contributed by atoms with Gasteiger partial charge in [0.1, 0.15) is 5.76 Å². The van der Waals surface area contributed by atoms with Gasteiger partial charge in [0.05, 0.1) is 19.4 Å². The number of hydrogen-bond donors (Lipinski definition) is 0. The Bertz CT molecular complexity index is 382. The first kappa shape index (κ1) is 15.1. The van der Waals surface area contributed by atoms with Crippen LogP contribution in [-0.4, -0.2) is 31.1 Å². The third-order valence-corrected chi connectivity index (χ3v) is 4.03. The lowest BCUT2D eigenvalue weighted by molar-refractivity contribution is -0.134. The highest BCUT2D eigenvalue weighted by Gasteiger charge is 2.21. The molecule has 1 aromatic heterocycles. The second kappa shape index (κ2) is 8.10. The molecule has 20 heavy (non-hydrogen) atoms. The quantitative estimate of drug-likeness (QED) is 0.769. The van der Waals surface area contributed by atoms with E-state index in [1.54, 1.807) is 13.4 Å². The van der Waals surface area contributed by atoms with E-state index in [-0.39, 0.29) is 5.91 Å². The van der Waals surface area contributed by atoms with Gasteiger partial charge in [0.15, 0.2) is 0 Å². The van der Waals surface area contributed by atoms with Crippen molar-refractivity contribution < 1.29 is 13.9 Å². The van der Waals surface area contributed by atoms with E-state index >= 15 is 0 Å². The summed E-state index contributed by atoms with van der Waals surface area (Å²) in [5, 5.41) is 0. The van der Waals surface area contributed by atoms with E-state index in [4.69, 9.17) is 9.15 Å². The lowest BCUT2D eigenvalue weighted by atomic mass is 9.86. The van der Waals surface area contributed by atoms with E-state index < -0.39 is 0 Å². The smallest absolute Gasteiger partial charge is 0.223 e. The van der Waals surface area contributed by atoms with Gasteiger partial charge in [0, 0.05) is 20.1 Å². The zero-order chi connectivity index (χ0) is 14.2. The monoisotopic (exact) mass is 279 g/mol. The van der Waals surface area contributed by atoms with Crippen LogP contribution in [0.5, 0.6) is 0 Å². The molecule has 1 heterocycles. The van der Waals surface area contributed by atoms with E-state index in [2.05, 4.69) is 0 Å². The molecule has 0 N–H and O–H groups in total. The van der Waals surface area contributed by atoms with E-state index in [1.807, 2.05) is 17.0 Å². The second-order valence-electron chi connectivity index (χ2n) is 5.60. The third kappa shape index (κ3) is 4.67. The Morgan fingerprint density at radius 3 is 2.85 bits per heavy atom. The standard InChI is InChI=1S/C16H25NO3/c1-19-11-9-17(13-15-8-5-10-20-15)16(18)12-14-6-3-2-4-7-14/h5,8,10,14H,2-4,6-7,9,11-13H2,1H3. The van der Waals surface area contributed by atoms with Crippen molar-refractivity contribution in [1.29, 1.82) is 0 Å². The predicted octanol–water partition coefficient (Wildman–Crippen LogP) is 3.23. The highest BCUT2D eigenvalue weighted by Crippen LogP contribution is 2.27. The van der Waals surface area contributed by atoms with Crippen LogP contribution in [0.3, 0.4) is 0 Å². The first-order valence-corrected chi connectivity index (χ1v) is 7.58. The van der Waals surface area contributed by atoms with Crippen LogP contribution in [0.25, 0.3) is 0 Å².